The lowest BCUT2D eigenvalue weighted by Crippen LogP contribution is -2.53. The molecule has 3 heterocycles. The highest BCUT2D eigenvalue weighted by molar-refractivity contribution is 6.17. The van der Waals surface area contributed by atoms with Gasteiger partial charge >= 0.3 is 0 Å². The van der Waals surface area contributed by atoms with Gasteiger partial charge in [-0.05, 0) is 37.6 Å². The van der Waals surface area contributed by atoms with E-state index in [1.807, 2.05) is 19.9 Å². The van der Waals surface area contributed by atoms with Gasteiger partial charge in [0.15, 0.2) is 11.0 Å². The molecule has 2 aliphatic rings. The van der Waals surface area contributed by atoms with E-state index in [0.29, 0.717) is 34.2 Å². The molecule has 4 aromatic rings. The van der Waals surface area contributed by atoms with Crippen LogP contribution in [0, 0.1) is 12.7 Å². The first kappa shape index (κ1) is 23.2. The van der Waals surface area contributed by atoms with Crippen molar-refractivity contribution in [3.63, 3.8) is 0 Å². The number of nitrogens with zero attached hydrogens (tertiary/aromatic N) is 2. The highest BCUT2D eigenvalue weighted by Crippen LogP contribution is 2.53. The SMILES string of the molecule is CCCCN1C(=O)c2oc3ccc(C)cc3c(=O)c2C12C(=O)N(Cc1ccccc1F)c1ccccc12. The largest absolute Gasteiger partial charge is 0.450 e. The first-order valence-electron chi connectivity index (χ1n) is 12.4. The van der Waals surface area contributed by atoms with Crippen LogP contribution in [0.1, 0.15) is 52.6 Å². The normalized spacial score (nSPS) is 18.2. The monoisotopic (exact) mass is 496 g/mol. The number of benzene rings is 3. The maximum Gasteiger partial charge on any atom is 0.291 e. The summed E-state index contributed by atoms with van der Waals surface area (Å²) in [6, 6.07) is 18.6. The van der Waals surface area contributed by atoms with E-state index >= 15 is 0 Å². The molecule has 37 heavy (non-hydrogen) atoms. The van der Waals surface area contributed by atoms with Crippen molar-refractivity contribution in [2.75, 3.05) is 11.4 Å². The highest BCUT2D eigenvalue weighted by atomic mass is 19.1. The fourth-order valence-electron chi connectivity index (χ4n) is 5.67. The van der Waals surface area contributed by atoms with Crippen LogP contribution in [0.25, 0.3) is 11.0 Å². The van der Waals surface area contributed by atoms with E-state index < -0.39 is 28.6 Å². The summed E-state index contributed by atoms with van der Waals surface area (Å²) >= 11 is 0. The quantitative estimate of drug-likeness (QED) is 0.377. The van der Waals surface area contributed by atoms with Gasteiger partial charge in [0.2, 0.25) is 5.76 Å². The van der Waals surface area contributed by atoms with Gasteiger partial charge in [0.05, 0.1) is 23.2 Å². The number of hydrogen-bond donors (Lipinski definition) is 0. The number of rotatable bonds is 5. The van der Waals surface area contributed by atoms with Crippen LogP contribution >= 0.6 is 0 Å². The second-order valence-electron chi connectivity index (χ2n) is 9.66. The lowest BCUT2D eigenvalue weighted by Gasteiger charge is -2.34. The Morgan fingerprint density at radius 2 is 1.73 bits per heavy atom. The summed E-state index contributed by atoms with van der Waals surface area (Å²) in [5.41, 5.74) is 0.539. The van der Waals surface area contributed by atoms with Crippen LogP contribution < -0.4 is 10.3 Å². The molecule has 6 rings (SSSR count). The fraction of sp³-hybridized carbons (Fsp3) is 0.233. The molecular weight excluding hydrogens is 471 g/mol. The Balaban J connectivity index is 1.66. The topological polar surface area (TPSA) is 70.8 Å². The third-order valence-electron chi connectivity index (χ3n) is 7.41. The van der Waals surface area contributed by atoms with Gasteiger partial charge in [-0.25, -0.2) is 4.39 Å². The van der Waals surface area contributed by atoms with Crippen molar-refractivity contribution in [3.05, 3.63) is 111 Å². The second-order valence-corrected chi connectivity index (χ2v) is 9.66. The van der Waals surface area contributed by atoms with Crippen LogP contribution in [0.2, 0.25) is 0 Å². The number of carbonyl (C=O) groups excluding carboxylic acids is 2. The number of unbranched alkanes of at least 4 members (excludes halogenated alkanes) is 1. The van der Waals surface area contributed by atoms with Crippen LogP contribution in [0.3, 0.4) is 0 Å². The van der Waals surface area contributed by atoms with Gasteiger partial charge in [0.25, 0.3) is 11.8 Å². The van der Waals surface area contributed by atoms with E-state index in [-0.39, 0.29) is 24.4 Å². The number of halogens is 1. The van der Waals surface area contributed by atoms with Crippen LogP contribution in [-0.4, -0.2) is 23.3 Å². The number of para-hydroxylation sites is 1. The number of amides is 2. The maximum atomic E-state index is 14.7. The Labute approximate surface area is 212 Å². The van der Waals surface area contributed by atoms with Crippen molar-refractivity contribution in [1.82, 2.24) is 4.90 Å². The molecule has 0 saturated carbocycles. The Morgan fingerprint density at radius 3 is 2.51 bits per heavy atom. The van der Waals surface area contributed by atoms with Crippen LogP contribution in [0.4, 0.5) is 10.1 Å². The molecule has 2 aliphatic heterocycles. The Bertz CT molecular complexity index is 1660. The van der Waals surface area contributed by atoms with Gasteiger partial charge in [-0.2, -0.15) is 0 Å². The van der Waals surface area contributed by atoms with Crippen LogP contribution in [0.5, 0.6) is 0 Å². The van der Waals surface area contributed by atoms with Crippen LogP contribution in [0.15, 0.2) is 75.9 Å². The third-order valence-corrected chi connectivity index (χ3v) is 7.41. The van der Waals surface area contributed by atoms with Crippen molar-refractivity contribution in [2.45, 2.75) is 38.8 Å². The number of anilines is 1. The van der Waals surface area contributed by atoms with Gasteiger partial charge in [-0.1, -0.05) is 61.4 Å². The average Bonchev–Trinajstić information content (AvgIpc) is 3.29. The molecule has 1 atom stereocenters. The lowest BCUT2D eigenvalue weighted by atomic mass is 9.83. The first-order chi connectivity index (χ1) is 17.9. The van der Waals surface area contributed by atoms with Gasteiger partial charge in [0, 0.05) is 17.7 Å². The summed E-state index contributed by atoms with van der Waals surface area (Å²) in [7, 11) is 0. The molecule has 1 unspecified atom stereocenters. The molecule has 0 fully saturated rings. The Kier molecular flexibility index (Phi) is 5.26. The Hall–Kier alpha value is -4.26. The average molecular weight is 497 g/mol. The molecule has 7 heteroatoms. The number of fused-ring (bicyclic) bond motifs is 5. The van der Waals surface area contributed by atoms with Crippen molar-refractivity contribution in [2.24, 2.45) is 0 Å². The fourth-order valence-corrected chi connectivity index (χ4v) is 5.67. The molecule has 0 N–H and O–H groups in total. The van der Waals surface area contributed by atoms with Crippen LogP contribution in [-0.2, 0) is 16.9 Å². The highest BCUT2D eigenvalue weighted by Gasteiger charge is 2.64. The number of aryl methyl sites for hydroxylation is 1. The van der Waals surface area contributed by atoms with E-state index in [0.717, 1.165) is 12.0 Å². The van der Waals surface area contributed by atoms with Crippen molar-refractivity contribution >= 4 is 28.5 Å². The predicted octanol–water partition coefficient (Wildman–Crippen LogP) is 5.29. The van der Waals surface area contributed by atoms with Gasteiger partial charge in [0.1, 0.15) is 11.4 Å². The van der Waals surface area contributed by atoms with Crippen molar-refractivity contribution in [3.8, 4) is 0 Å². The van der Waals surface area contributed by atoms with Gasteiger partial charge in [-0.15, -0.1) is 0 Å². The van der Waals surface area contributed by atoms with E-state index in [2.05, 4.69) is 0 Å². The molecule has 3 aromatic carbocycles. The molecule has 1 spiro atoms. The zero-order valence-electron chi connectivity index (χ0n) is 20.6. The number of hydrogen-bond acceptors (Lipinski definition) is 4. The summed E-state index contributed by atoms with van der Waals surface area (Å²) in [4.78, 5) is 45.5. The smallest absolute Gasteiger partial charge is 0.291 e. The standard InChI is InChI=1S/C30H25FN2O4/c1-3-4-15-33-28(35)27-25(26(34)20-16-18(2)13-14-24(20)37-27)30(33)21-10-6-8-12-23(21)32(29(30)36)17-19-9-5-7-11-22(19)31/h5-14,16H,3-4,15,17H2,1-2H3. The zero-order valence-corrected chi connectivity index (χ0v) is 20.6. The summed E-state index contributed by atoms with van der Waals surface area (Å²) in [5, 5.41) is 0.320. The molecule has 0 bridgehead atoms. The van der Waals surface area contributed by atoms with Crippen molar-refractivity contribution < 1.29 is 18.4 Å². The summed E-state index contributed by atoms with van der Waals surface area (Å²) in [5.74, 6) is -1.48. The third kappa shape index (κ3) is 3.13. The maximum absolute atomic E-state index is 14.7. The van der Waals surface area contributed by atoms with E-state index in [9.17, 15) is 18.8 Å². The minimum absolute atomic E-state index is 0.0343. The summed E-state index contributed by atoms with van der Waals surface area (Å²) < 4.78 is 20.7. The predicted molar refractivity (Wildman–Crippen MR) is 138 cm³/mol. The molecule has 0 aliphatic carbocycles. The van der Waals surface area contributed by atoms with E-state index in [4.69, 9.17) is 4.42 Å². The summed E-state index contributed by atoms with van der Waals surface area (Å²) in [6.07, 6.45) is 1.42. The van der Waals surface area contributed by atoms with E-state index in [1.165, 1.54) is 15.9 Å². The Morgan fingerprint density at radius 1 is 0.973 bits per heavy atom. The van der Waals surface area contributed by atoms with Gasteiger partial charge in [-0.3, -0.25) is 14.4 Å². The molecule has 186 valence electrons. The first-order valence-corrected chi connectivity index (χ1v) is 12.4. The molecule has 0 saturated heterocycles. The van der Waals surface area contributed by atoms with Crippen molar-refractivity contribution in [1.29, 1.82) is 0 Å². The van der Waals surface area contributed by atoms with Gasteiger partial charge < -0.3 is 14.2 Å². The minimum Gasteiger partial charge on any atom is -0.450 e. The molecule has 0 radical (unpaired) electrons. The lowest BCUT2D eigenvalue weighted by molar-refractivity contribution is -0.126. The molecule has 6 nitrogen and oxygen atoms in total. The minimum atomic E-state index is -1.68. The molecule has 2 amide bonds. The zero-order chi connectivity index (χ0) is 25.9. The molecule has 1 aromatic heterocycles. The van der Waals surface area contributed by atoms with E-state index in [1.54, 1.807) is 54.6 Å². The number of carbonyl (C=O) groups is 2. The molecular formula is C30H25FN2O4. The summed E-state index contributed by atoms with van der Waals surface area (Å²) in [6.45, 7) is 4.10. The second kappa shape index (κ2) is 8.40.